The van der Waals surface area contributed by atoms with E-state index in [2.05, 4.69) is 9.97 Å². The molecule has 0 bridgehead atoms. The van der Waals surface area contributed by atoms with Crippen LogP contribution >= 0.6 is 0 Å². The average Bonchev–Trinajstić information content (AvgIpc) is 2.86. The molecule has 0 radical (unpaired) electrons. The number of aromatic nitrogens is 2. The quantitative estimate of drug-likeness (QED) is 0.844. The van der Waals surface area contributed by atoms with Gasteiger partial charge < -0.3 is 14.6 Å². The number of rotatable bonds is 2. The molecule has 18 heavy (non-hydrogen) atoms. The van der Waals surface area contributed by atoms with Crippen molar-refractivity contribution in [3.05, 3.63) is 41.9 Å². The lowest BCUT2D eigenvalue weighted by Crippen LogP contribution is -2.11. The first kappa shape index (κ1) is 10.8. The molecule has 3 rings (SSSR count). The number of hydrogen-bond acceptors (Lipinski definition) is 5. The van der Waals surface area contributed by atoms with E-state index in [1.807, 2.05) is 6.08 Å². The fourth-order valence-electron chi connectivity index (χ4n) is 1.90. The molecule has 1 fully saturated rings. The van der Waals surface area contributed by atoms with Gasteiger partial charge in [0.1, 0.15) is 12.1 Å². The number of aromatic carboxylic acids is 1. The maximum absolute atomic E-state index is 10.8. The van der Waals surface area contributed by atoms with Crippen molar-refractivity contribution >= 4 is 11.5 Å². The summed E-state index contributed by atoms with van der Waals surface area (Å²) in [5.74, 6) is -0.318. The molecule has 2 aliphatic heterocycles. The third-order valence-corrected chi connectivity index (χ3v) is 2.81. The fraction of sp³-hybridized carbons (Fsp3) is 0.250. The van der Waals surface area contributed by atoms with E-state index >= 15 is 0 Å². The largest absolute Gasteiger partial charge is 0.494 e. The lowest BCUT2D eigenvalue weighted by Gasteiger charge is -2.16. The highest BCUT2D eigenvalue weighted by Crippen LogP contribution is 2.30. The number of nitrogens with zero attached hydrogens (tertiary/aromatic N) is 2. The van der Waals surface area contributed by atoms with Gasteiger partial charge in [0.15, 0.2) is 11.8 Å². The molecule has 0 saturated carbocycles. The number of carbonyl (C=O) groups is 1. The zero-order chi connectivity index (χ0) is 12.5. The SMILES string of the molecule is O=C(O)c1cc(C2=COC3CCOC3=C2)ncn1. The van der Waals surface area contributed by atoms with Crippen LogP contribution in [0.25, 0.3) is 5.57 Å². The molecule has 2 aliphatic rings. The van der Waals surface area contributed by atoms with Gasteiger partial charge in [0, 0.05) is 12.0 Å². The Bertz CT molecular complexity index is 565. The van der Waals surface area contributed by atoms with Gasteiger partial charge in [0.2, 0.25) is 0 Å². The highest BCUT2D eigenvalue weighted by atomic mass is 16.5. The van der Waals surface area contributed by atoms with Crippen molar-refractivity contribution in [3.8, 4) is 0 Å². The molecule has 0 aliphatic carbocycles. The van der Waals surface area contributed by atoms with Crippen molar-refractivity contribution in [1.29, 1.82) is 0 Å². The summed E-state index contributed by atoms with van der Waals surface area (Å²) in [6, 6.07) is 1.41. The van der Waals surface area contributed by atoms with Crippen LogP contribution in [0.1, 0.15) is 22.6 Å². The highest BCUT2D eigenvalue weighted by molar-refractivity contribution is 5.86. The monoisotopic (exact) mass is 246 g/mol. The first-order valence-electron chi connectivity index (χ1n) is 5.50. The molecule has 92 valence electrons. The Balaban J connectivity index is 1.94. The molecule has 1 N–H and O–H groups in total. The van der Waals surface area contributed by atoms with Crippen molar-refractivity contribution in [2.24, 2.45) is 0 Å². The molecule has 1 atom stereocenters. The number of fused-ring (bicyclic) bond motifs is 1. The molecule has 1 aromatic heterocycles. The van der Waals surface area contributed by atoms with Crippen LogP contribution in [0.4, 0.5) is 0 Å². The van der Waals surface area contributed by atoms with Gasteiger partial charge in [-0.15, -0.1) is 0 Å². The summed E-state index contributed by atoms with van der Waals surface area (Å²) in [6.07, 6.45) is 5.44. The molecule has 1 aromatic rings. The topological polar surface area (TPSA) is 81.5 Å². The summed E-state index contributed by atoms with van der Waals surface area (Å²) in [5, 5.41) is 8.88. The summed E-state index contributed by atoms with van der Waals surface area (Å²) in [4.78, 5) is 18.5. The van der Waals surface area contributed by atoms with E-state index in [-0.39, 0.29) is 11.8 Å². The third-order valence-electron chi connectivity index (χ3n) is 2.81. The van der Waals surface area contributed by atoms with Crippen LogP contribution in [0.5, 0.6) is 0 Å². The Morgan fingerprint density at radius 1 is 1.44 bits per heavy atom. The second-order valence-corrected chi connectivity index (χ2v) is 3.98. The van der Waals surface area contributed by atoms with E-state index in [0.717, 1.165) is 12.2 Å². The second kappa shape index (κ2) is 4.14. The fourth-order valence-corrected chi connectivity index (χ4v) is 1.90. The van der Waals surface area contributed by atoms with E-state index in [4.69, 9.17) is 14.6 Å². The summed E-state index contributed by atoms with van der Waals surface area (Å²) < 4.78 is 10.9. The van der Waals surface area contributed by atoms with Crippen LogP contribution in [-0.4, -0.2) is 33.8 Å². The standard InChI is InChI=1S/C12H10N2O4/c15-12(16)9-4-8(13-6-14-9)7-3-11-10(18-5-7)1-2-17-11/h3-6,10H,1-2H2,(H,15,16). The minimum atomic E-state index is -1.08. The van der Waals surface area contributed by atoms with Gasteiger partial charge in [-0.1, -0.05) is 0 Å². The van der Waals surface area contributed by atoms with Gasteiger partial charge in [0.25, 0.3) is 0 Å². The molecular formula is C12H10N2O4. The normalized spacial score (nSPS) is 21.2. The summed E-state index contributed by atoms with van der Waals surface area (Å²) in [7, 11) is 0. The van der Waals surface area contributed by atoms with Crippen LogP contribution in [0.3, 0.4) is 0 Å². The van der Waals surface area contributed by atoms with Gasteiger partial charge in [-0.3, -0.25) is 0 Å². The van der Waals surface area contributed by atoms with E-state index in [1.165, 1.54) is 12.4 Å². The maximum Gasteiger partial charge on any atom is 0.354 e. The molecule has 6 nitrogen and oxygen atoms in total. The summed E-state index contributed by atoms with van der Waals surface area (Å²) >= 11 is 0. The molecule has 0 amide bonds. The zero-order valence-corrected chi connectivity index (χ0v) is 9.37. The molecule has 0 aromatic carbocycles. The van der Waals surface area contributed by atoms with Gasteiger partial charge in [-0.05, 0) is 12.1 Å². The number of allylic oxidation sites excluding steroid dienone is 2. The van der Waals surface area contributed by atoms with E-state index in [0.29, 0.717) is 17.9 Å². The first-order chi connectivity index (χ1) is 8.74. The number of carboxylic acids is 1. The van der Waals surface area contributed by atoms with Gasteiger partial charge in [0.05, 0.1) is 18.6 Å². The maximum atomic E-state index is 10.8. The minimum Gasteiger partial charge on any atom is -0.494 e. The first-order valence-corrected chi connectivity index (χ1v) is 5.50. The van der Waals surface area contributed by atoms with Gasteiger partial charge in [-0.2, -0.15) is 0 Å². The Hall–Kier alpha value is -2.37. The number of ether oxygens (including phenoxy) is 2. The Morgan fingerprint density at radius 3 is 3.17 bits per heavy atom. The van der Waals surface area contributed by atoms with Crippen LogP contribution < -0.4 is 0 Å². The van der Waals surface area contributed by atoms with Gasteiger partial charge in [-0.25, -0.2) is 14.8 Å². The zero-order valence-electron chi connectivity index (χ0n) is 9.37. The van der Waals surface area contributed by atoms with Crippen LogP contribution in [0, 0.1) is 0 Å². The lowest BCUT2D eigenvalue weighted by molar-refractivity contribution is 0.0690. The van der Waals surface area contributed by atoms with Gasteiger partial charge >= 0.3 is 5.97 Å². The smallest absolute Gasteiger partial charge is 0.354 e. The molecular weight excluding hydrogens is 236 g/mol. The Morgan fingerprint density at radius 2 is 2.33 bits per heavy atom. The second-order valence-electron chi connectivity index (χ2n) is 3.98. The Labute approximate surface area is 103 Å². The molecule has 0 spiro atoms. The summed E-state index contributed by atoms with van der Waals surface area (Å²) in [6.45, 7) is 0.641. The lowest BCUT2D eigenvalue weighted by atomic mass is 10.1. The number of hydrogen-bond donors (Lipinski definition) is 1. The third kappa shape index (κ3) is 1.81. The highest BCUT2D eigenvalue weighted by Gasteiger charge is 2.27. The van der Waals surface area contributed by atoms with Crippen molar-refractivity contribution in [3.63, 3.8) is 0 Å². The predicted molar refractivity (Wildman–Crippen MR) is 60.5 cm³/mol. The van der Waals surface area contributed by atoms with Crippen molar-refractivity contribution in [1.82, 2.24) is 9.97 Å². The predicted octanol–water partition coefficient (Wildman–Crippen LogP) is 1.22. The minimum absolute atomic E-state index is 0.0190. The van der Waals surface area contributed by atoms with Crippen LogP contribution in [0.2, 0.25) is 0 Å². The number of carboxylic acid groups (broad SMARTS) is 1. The van der Waals surface area contributed by atoms with Crippen molar-refractivity contribution < 1.29 is 19.4 Å². The molecule has 3 heterocycles. The van der Waals surface area contributed by atoms with Crippen LogP contribution in [-0.2, 0) is 9.47 Å². The van der Waals surface area contributed by atoms with E-state index in [1.54, 1.807) is 6.26 Å². The van der Waals surface area contributed by atoms with Crippen LogP contribution in [0.15, 0.2) is 30.5 Å². The van der Waals surface area contributed by atoms with Crippen molar-refractivity contribution in [2.75, 3.05) is 6.61 Å². The van der Waals surface area contributed by atoms with E-state index < -0.39 is 5.97 Å². The summed E-state index contributed by atoms with van der Waals surface area (Å²) in [5.41, 5.74) is 1.14. The van der Waals surface area contributed by atoms with E-state index in [9.17, 15) is 4.79 Å². The molecule has 1 saturated heterocycles. The average molecular weight is 246 g/mol. The Kier molecular flexibility index (Phi) is 2.47. The molecule has 1 unspecified atom stereocenters. The molecule has 6 heteroatoms. The van der Waals surface area contributed by atoms with Crippen molar-refractivity contribution in [2.45, 2.75) is 12.5 Å².